The molecule has 0 atom stereocenters. The number of carbonyl (C=O) groups is 1. The summed E-state index contributed by atoms with van der Waals surface area (Å²) in [5, 5.41) is 22.1. The van der Waals surface area contributed by atoms with Gasteiger partial charge in [-0.25, -0.2) is 0 Å². The predicted octanol–water partition coefficient (Wildman–Crippen LogP) is 2.17. The summed E-state index contributed by atoms with van der Waals surface area (Å²) in [4.78, 5) is 11.2. The van der Waals surface area contributed by atoms with E-state index in [-0.39, 0.29) is 5.75 Å². The number of thioether (sulfide) groups is 1. The number of benzene rings is 1. The van der Waals surface area contributed by atoms with Gasteiger partial charge in [-0.3, -0.25) is 4.79 Å². The van der Waals surface area contributed by atoms with Gasteiger partial charge >= 0.3 is 5.97 Å². The highest BCUT2D eigenvalue weighted by Gasteiger charge is 2.13. The van der Waals surface area contributed by atoms with E-state index in [1.54, 1.807) is 4.52 Å². The maximum Gasteiger partial charge on any atom is 0.313 e. The molecule has 0 aliphatic rings. The molecule has 20 heavy (non-hydrogen) atoms. The average Bonchev–Trinajstić information content (AvgIpc) is 2.99. The fourth-order valence-corrected chi connectivity index (χ4v) is 3.33. The van der Waals surface area contributed by atoms with Crippen molar-refractivity contribution >= 4 is 34.0 Å². The molecular formula is C12H10N4O2S2. The minimum absolute atomic E-state index is 0.0751. The maximum atomic E-state index is 10.5. The van der Waals surface area contributed by atoms with E-state index in [9.17, 15) is 4.79 Å². The van der Waals surface area contributed by atoms with E-state index in [2.05, 4.69) is 15.3 Å². The van der Waals surface area contributed by atoms with Gasteiger partial charge in [0.25, 0.3) is 0 Å². The highest BCUT2D eigenvalue weighted by atomic mass is 32.2. The number of carboxylic acid groups (broad SMARTS) is 1. The Morgan fingerprint density at radius 1 is 1.30 bits per heavy atom. The summed E-state index contributed by atoms with van der Waals surface area (Å²) in [6.07, 6.45) is 0. The SMILES string of the molecule is O=C(O)CSCc1nn2c(-c3ccccc3)nnc2s1. The molecule has 0 amide bonds. The predicted molar refractivity (Wildman–Crippen MR) is 77.9 cm³/mol. The van der Waals surface area contributed by atoms with Crippen molar-refractivity contribution in [3.63, 3.8) is 0 Å². The monoisotopic (exact) mass is 306 g/mol. The number of hydrogen-bond acceptors (Lipinski definition) is 6. The van der Waals surface area contributed by atoms with Gasteiger partial charge in [-0.1, -0.05) is 41.7 Å². The molecule has 0 saturated heterocycles. The van der Waals surface area contributed by atoms with Crippen LogP contribution in [0.2, 0.25) is 0 Å². The second kappa shape index (κ2) is 5.59. The number of fused-ring (bicyclic) bond motifs is 1. The summed E-state index contributed by atoms with van der Waals surface area (Å²) in [7, 11) is 0. The molecule has 0 aliphatic carbocycles. The Balaban J connectivity index is 1.85. The fourth-order valence-electron chi connectivity index (χ4n) is 1.71. The van der Waals surface area contributed by atoms with E-state index >= 15 is 0 Å². The lowest BCUT2D eigenvalue weighted by molar-refractivity contribution is -0.133. The second-order valence-corrected chi connectivity index (χ2v) is 5.99. The van der Waals surface area contributed by atoms with Crippen LogP contribution in [0.3, 0.4) is 0 Å². The van der Waals surface area contributed by atoms with Crippen LogP contribution < -0.4 is 0 Å². The molecule has 0 bridgehead atoms. The zero-order valence-corrected chi connectivity index (χ0v) is 11.9. The third kappa shape index (κ3) is 2.66. The average molecular weight is 306 g/mol. The fraction of sp³-hybridized carbons (Fsp3) is 0.167. The Kier molecular flexibility index (Phi) is 3.66. The Hall–Kier alpha value is -1.93. The van der Waals surface area contributed by atoms with Crippen molar-refractivity contribution in [2.45, 2.75) is 5.75 Å². The zero-order chi connectivity index (χ0) is 13.9. The first-order valence-electron chi connectivity index (χ1n) is 5.80. The van der Waals surface area contributed by atoms with E-state index in [0.717, 1.165) is 15.5 Å². The molecule has 6 nitrogen and oxygen atoms in total. The molecular weight excluding hydrogens is 296 g/mol. The first-order chi connectivity index (χ1) is 9.74. The Bertz CT molecular complexity index is 738. The first kappa shape index (κ1) is 13.1. The van der Waals surface area contributed by atoms with Crippen molar-refractivity contribution in [1.29, 1.82) is 0 Å². The lowest BCUT2D eigenvalue weighted by atomic mass is 10.2. The number of aliphatic carboxylic acids is 1. The van der Waals surface area contributed by atoms with Crippen LogP contribution in [0.1, 0.15) is 5.01 Å². The number of rotatable bonds is 5. The zero-order valence-electron chi connectivity index (χ0n) is 10.3. The molecule has 2 aromatic heterocycles. The molecule has 0 radical (unpaired) electrons. The molecule has 0 spiro atoms. The standard InChI is InChI=1S/C12H10N4O2S2/c17-10(18)7-19-6-9-15-16-11(13-14-12(16)20-9)8-4-2-1-3-5-8/h1-5H,6-7H2,(H,17,18). The summed E-state index contributed by atoms with van der Waals surface area (Å²) in [5.41, 5.74) is 0.954. The molecule has 3 aromatic rings. The minimum Gasteiger partial charge on any atom is -0.481 e. The van der Waals surface area contributed by atoms with Crippen molar-refractivity contribution in [2.24, 2.45) is 0 Å². The van der Waals surface area contributed by atoms with Gasteiger partial charge in [-0.2, -0.15) is 9.61 Å². The molecule has 2 heterocycles. The van der Waals surface area contributed by atoms with Crippen LogP contribution in [-0.2, 0) is 10.5 Å². The normalized spacial score (nSPS) is 11.0. The van der Waals surface area contributed by atoms with Crippen molar-refractivity contribution in [1.82, 2.24) is 19.8 Å². The summed E-state index contributed by atoms with van der Waals surface area (Å²) in [6.45, 7) is 0. The Labute approximate surface area is 122 Å². The molecule has 8 heteroatoms. The maximum absolute atomic E-state index is 10.5. The molecule has 102 valence electrons. The van der Waals surface area contributed by atoms with Gasteiger partial charge in [0.05, 0.1) is 5.75 Å². The Morgan fingerprint density at radius 3 is 2.85 bits per heavy atom. The first-order valence-corrected chi connectivity index (χ1v) is 7.77. The van der Waals surface area contributed by atoms with Crippen molar-refractivity contribution in [3.8, 4) is 11.4 Å². The van der Waals surface area contributed by atoms with E-state index < -0.39 is 5.97 Å². The topological polar surface area (TPSA) is 80.4 Å². The molecule has 0 fully saturated rings. The van der Waals surface area contributed by atoms with Crippen molar-refractivity contribution in [3.05, 3.63) is 35.3 Å². The number of hydrogen-bond donors (Lipinski definition) is 1. The molecule has 0 unspecified atom stereocenters. The van der Waals surface area contributed by atoms with Crippen LogP contribution in [0.15, 0.2) is 30.3 Å². The molecule has 0 aliphatic heterocycles. The lowest BCUT2D eigenvalue weighted by Crippen LogP contribution is -1.98. The third-order valence-corrected chi connectivity index (χ3v) is 4.53. The van der Waals surface area contributed by atoms with Gasteiger partial charge in [0.2, 0.25) is 4.96 Å². The van der Waals surface area contributed by atoms with Gasteiger partial charge < -0.3 is 5.11 Å². The van der Waals surface area contributed by atoms with Gasteiger partial charge in [0, 0.05) is 11.3 Å². The van der Waals surface area contributed by atoms with Crippen LogP contribution in [0, 0.1) is 0 Å². The summed E-state index contributed by atoms with van der Waals surface area (Å²) < 4.78 is 1.71. The summed E-state index contributed by atoms with van der Waals surface area (Å²) in [5.74, 6) is 0.523. The van der Waals surface area contributed by atoms with Gasteiger partial charge in [0.1, 0.15) is 5.01 Å². The van der Waals surface area contributed by atoms with Crippen LogP contribution in [-0.4, -0.2) is 36.6 Å². The summed E-state index contributed by atoms with van der Waals surface area (Å²) in [6, 6.07) is 9.72. The van der Waals surface area contributed by atoms with E-state index in [4.69, 9.17) is 5.11 Å². The van der Waals surface area contributed by atoms with Crippen LogP contribution >= 0.6 is 23.1 Å². The van der Waals surface area contributed by atoms with Crippen LogP contribution in [0.4, 0.5) is 0 Å². The van der Waals surface area contributed by atoms with E-state index in [1.165, 1.54) is 23.1 Å². The quantitative estimate of drug-likeness (QED) is 0.778. The van der Waals surface area contributed by atoms with Gasteiger partial charge in [-0.15, -0.1) is 22.0 Å². The number of aromatic nitrogens is 4. The lowest BCUT2D eigenvalue weighted by Gasteiger charge is -1.95. The van der Waals surface area contributed by atoms with E-state index in [0.29, 0.717) is 11.6 Å². The van der Waals surface area contributed by atoms with Gasteiger partial charge in [-0.05, 0) is 0 Å². The van der Waals surface area contributed by atoms with Crippen molar-refractivity contribution in [2.75, 3.05) is 5.75 Å². The number of nitrogens with zero attached hydrogens (tertiary/aromatic N) is 4. The minimum atomic E-state index is -0.817. The van der Waals surface area contributed by atoms with Crippen LogP contribution in [0.25, 0.3) is 16.3 Å². The third-order valence-electron chi connectivity index (χ3n) is 2.52. The van der Waals surface area contributed by atoms with Crippen LogP contribution in [0.5, 0.6) is 0 Å². The molecule has 1 N–H and O–H groups in total. The number of carboxylic acids is 1. The van der Waals surface area contributed by atoms with Crippen molar-refractivity contribution < 1.29 is 9.90 Å². The molecule has 0 saturated carbocycles. The second-order valence-electron chi connectivity index (χ2n) is 3.97. The largest absolute Gasteiger partial charge is 0.481 e. The Morgan fingerprint density at radius 2 is 2.10 bits per heavy atom. The molecule has 1 aromatic carbocycles. The van der Waals surface area contributed by atoms with Gasteiger partial charge in [0.15, 0.2) is 5.82 Å². The highest BCUT2D eigenvalue weighted by Crippen LogP contribution is 2.23. The highest BCUT2D eigenvalue weighted by molar-refractivity contribution is 7.99. The van der Waals surface area contributed by atoms with E-state index in [1.807, 2.05) is 30.3 Å². The smallest absolute Gasteiger partial charge is 0.313 e. The molecule has 3 rings (SSSR count). The summed E-state index contributed by atoms with van der Waals surface area (Å²) >= 11 is 2.75.